The third-order valence-electron chi connectivity index (χ3n) is 4.77. The van der Waals surface area contributed by atoms with Gasteiger partial charge in [0.15, 0.2) is 0 Å². The van der Waals surface area contributed by atoms with Crippen LogP contribution < -0.4 is 15.5 Å². The van der Waals surface area contributed by atoms with Crippen LogP contribution in [-0.4, -0.2) is 48.9 Å². The molecule has 2 saturated heterocycles. The number of hydrogen-bond donors (Lipinski definition) is 2. The van der Waals surface area contributed by atoms with Crippen LogP contribution in [-0.2, 0) is 15.8 Å². The molecular formula is C18H21F3N4O3. The Morgan fingerprint density at radius 2 is 1.89 bits per heavy atom. The number of urea groups is 1. The Balaban J connectivity index is 1.66. The van der Waals surface area contributed by atoms with E-state index >= 15 is 0 Å². The van der Waals surface area contributed by atoms with Crippen LogP contribution in [0.3, 0.4) is 0 Å². The molecular weight excluding hydrogens is 377 g/mol. The Hall–Kier alpha value is -2.78. The summed E-state index contributed by atoms with van der Waals surface area (Å²) in [6, 6.07) is 2.85. The molecule has 7 nitrogen and oxygen atoms in total. The molecule has 2 fully saturated rings. The van der Waals surface area contributed by atoms with Crippen molar-refractivity contribution in [3.05, 3.63) is 23.8 Å². The van der Waals surface area contributed by atoms with Gasteiger partial charge >= 0.3 is 12.2 Å². The highest BCUT2D eigenvalue weighted by atomic mass is 19.4. The first kappa shape index (κ1) is 20.0. The molecule has 0 atom stereocenters. The molecule has 2 heterocycles. The van der Waals surface area contributed by atoms with Crippen LogP contribution in [0.1, 0.15) is 31.2 Å². The van der Waals surface area contributed by atoms with Crippen molar-refractivity contribution >= 4 is 29.2 Å². The number of imide groups is 1. The number of benzene rings is 1. The summed E-state index contributed by atoms with van der Waals surface area (Å²) in [5.41, 5.74) is -0.144. The monoisotopic (exact) mass is 398 g/mol. The third-order valence-corrected chi connectivity index (χ3v) is 4.77. The molecule has 0 spiro atoms. The summed E-state index contributed by atoms with van der Waals surface area (Å²) in [4.78, 5) is 38.2. The van der Waals surface area contributed by atoms with Crippen molar-refractivity contribution in [1.29, 1.82) is 0 Å². The van der Waals surface area contributed by atoms with Crippen LogP contribution in [0, 0.1) is 0 Å². The van der Waals surface area contributed by atoms with Crippen LogP contribution in [0.25, 0.3) is 0 Å². The molecule has 0 unspecified atom stereocenters. The standard InChI is InChI=1S/C18H21F3N4O3/c19-18(20,21)12-5-6-14(24-7-1-2-8-24)13(10-12)23-15(26)4-3-9-25-16(27)11-22-17(25)28/h5-6,10H,1-4,7-9,11H2,(H,22,28)(H,23,26). The summed E-state index contributed by atoms with van der Waals surface area (Å²) in [5.74, 6) is -0.827. The zero-order valence-corrected chi connectivity index (χ0v) is 15.1. The second-order valence-corrected chi connectivity index (χ2v) is 6.78. The van der Waals surface area contributed by atoms with E-state index in [1.54, 1.807) is 0 Å². The highest BCUT2D eigenvalue weighted by Crippen LogP contribution is 2.36. The van der Waals surface area contributed by atoms with Gasteiger partial charge in [0, 0.05) is 26.1 Å². The van der Waals surface area contributed by atoms with Gasteiger partial charge in [0.05, 0.1) is 23.5 Å². The summed E-state index contributed by atoms with van der Waals surface area (Å²) < 4.78 is 39.2. The highest BCUT2D eigenvalue weighted by molar-refractivity contribution is 6.02. The number of alkyl halides is 3. The van der Waals surface area contributed by atoms with E-state index in [-0.39, 0.29) is 37.5 Å². The number of anilines is 2. The van der Waals surface area contributed by atoms with Crippen molar-refractivity contribution in [2.75, 3.05) is 36.4 Å². The van der Waals surface area contributed by atoms with Crippen molar-refractivity contribution in [2.45, 2.75) is 31.9 Å². The number of halogens is 3. The molecule has 10 heteroatoms. The van der Waals surface area contributed by atoms with E-state index in [1.807, 2.05) is 4.90 Å². The zero-order chi connectivity index (χ0) is 20.3. The van der Waals surface area contributed by atoms with Gasteiger partial charge in [-0.25, -0.2) is 4.79 Å². The Kier molecular flexibility index (Phi) is 5.76. The van der Waals surface area contributed by atoms with Gasteiger partial charge in [-0.15, -0.1) is 0 Å². The third kappa shape index (κ3) is 4.55. The smallest absolute Gasteiger partial charge is 0.370 e. The molecule has 0 aliphatic carbocycles. The van der Waals surface area contributed by atoms with Crippen LogP contribution in [0.4, 0.5) is 29.3 Å². The fourth-order valence-electron chi connectivity index (χ4n) is 3.34. The van der Waals surface area contributed by atoms with Gasteiger partial charge in [0.2, 0.25) is 11.8 Å². The van der Waals surface area contributed by atoms with Crippen molar-refractivity contribution in [1.82, 2.24) is 10.2 Å². The Bertz CT molecular complexity index is 760. The SMILES string of the molecule is O=C(CCCN1C(=O)CNC1=O)Nc1cc(C(F)(F)F)ccc1N1CCCC1. The topological polar surface area (TPSA) is 81.8 Å². The Morgan fingerprint density at radius 1 is 1.18 bits per heavy atom. The number of nitrogens with one attached hydrogen (secondary N) is 2. The summed E-state index contributed by atoms with van der Waals surface area (Å²) in [5, 5.41) is 4.94. The summed E-state index contributed by atoms with van der Waals surface area (Å²) in [7, 11) is 0. The average Bonchev–Trinajstić information content (AvgIpc) is 3.26. The van der Waals surface area contributed by atoms with E-state index in [9.17, 15) is 27.6 Å². The fraction of sp³-hybridized carbons (Fsp3) is 0.500. The van der Waals surface area contributed by atoms with Crippen molar-refractivity contribution in [3.8, 4) is 0 Å². The van der Waals surface area contributed by atoms with E-state index < -0.39 is 23.7 Å². The lowest BCUT2D eigenvalue weighted by Gasteiger charge is -2.23. The molecule has 2 aliphatic heterocycles. The molecule has 2 N–H and O–H groups in total. The number of carbonyl (C=O) groups excluding carboxylic acids is 3. The number of nitrogens with zero attached hydrogens (tertiary/aromatic N) is 2. The maximum atomic E-state index is 13.1. The van der Waals surface area contributed by atoms with Gasteiger partial charge in [0.1, 0.15) is 0 Å². The van der Waals surface area contributed by atoms with E-state index in [1.165, 1.54) is 6.07 Å². The molecule has 0 aromatic heterocycles. The fourth-order valence-corrected chi connectivity index (χ4v) is 3.34. The predicted octanol–water partition coefficient (Wildman–Crippen LogP) is 2.58. The van der Waals surface area contributed by atoms with Crippen molar-refractivity contribution in [2.24, 2.45) is 0 Å². The minimum atomic E-state index is -4.51. The molecule has 3 rings (SSSR count). The minimum absolute atomic E-state index is 0.0211. The van der Waals surface area contributed by atoms with Crippen LogP contribution >= 0.6 is 0 Å². The van der Waals surface area contributed by atoms with Crippen LogP contribution in [0.5, 0.6) is 0 Å². The van der Waals surface area contributed by atoms with E-state index in [4.69, 9.17) is 0 Å². The Labute approximate surface area is 159 Å². The maximum absolute atomic E-state index is 13.1. The van der Waals surface area contributed by atoms with E-state index in [0.717, 1.165) is 43.0 Å². The second kappa shape index (κ2) is 8.07. The maximum Gasteiger partial charge on any atom is 0.416 e. The van der Waals surface area contributed by atoms with Gasteiger partial charge in [-0.2, -0.15) is 13.2 Å². The number of rotatable bonds is 6. The summed E-state index contributed by atoms with van der Waals surface area (Å²) >= 11 is 0. The molecule has 0 radical (unpaired) electrons. The minimum Gasteiger partial charge on any atom is -0.370 e. The molecule has 0 saturated carbocycles. The average molecular weight is 398 g/mol. The van der Waals surface area contributed by atoms with Crippen LogP contribution in [0.15, 0.2) is 18.2 Å². The van der Waals surface area contributed by atoms with E-state index in [0.29, 0.717) is 5.69 Å². The first-order valence-electron chi connectivity index (χ1n) is 9.10. The lowest BCUT2D eigenvalue weighted by atomic mass is 10.1. The number of hydrogen-bond acceptors (Lipinski definition) is 4. The van der Waals surface area contributed by atoms with Gasteiger partial charge in [-0.1, -0.05) is 0 Å². The summed E-state index contributed by atoms with van der Waals surface area (Å²) in [6.07, 6.45) is -2.41. The molecule has 4 amide bonds. The quantitative estimate of drug-likeness (QED) is 0.722. The van der Waals surface area contributed by atoms with Gasteiger partial charge in [0.25, 0.3) is 0 Å². The molecule has 1 aromatic carbocycles. The lowest BCUT2D eigenvalue weighted by Crippen LogP contribution is -2.32. The molecule has 1 aromatic rings. The lowest BCUT2D eigenvalue weighted by molar-refractivity contribution is -0.137. The van der Waals surface area contributed by atoms with Gasteiger partial charge in [-0.05, 0) is 37.5 Å². The molecule has 2 aliphatic rings. The molecule has 0 bridgehead atoms. The zero-order valence-electron chi connectivity index (χ0n) is 15.1. The Morgan fingerprint density at radius 3 is 2.50 bits per heavy atom. The second-order valence-electron chi connectivity index (χ2n) is 6.78. The number of amides is 4. The van der Waals surface area contributed by atoms with Gasteiger partial charge in [-0.3, -0.25) is 14.5 Å². The first-order chi connectivity index (χ1) is 13.3. The molecule has 28 heavy (non-hydrogen) atoms. The predicted molar refractivity (Wildman–Crippen MR) is 95.9 cm³/mol. The molecule has 152 valence electrons. The van der Waals surface area contributed by atoms with E-state index in [2.05, 4.69) is 10.6 Å². The van der Waals surface area contributed by atoms with Crippen LogP contribution in [0.2, 0.25) is 0 Å². The number of carbonyl (C=O) groups is 3. The highest BCUT2D eigenvalue weighted by Gasteiger charge is 2.32. The largest absolute Gasteiger partial charge is 0.416 e. The van der Waals surface area contributed by atoms with Crippen molar-refractivity contribution < 1.29 is 27.6 Å². The first-order valence-corrected chi connectivity index (χ1v) is 9.10. The normalized spacial score (nSPS) is 17.2. The summed E-state index contributed by atoms with van der Waals surface area (Å²) in [6.45, 7) is 1.47. The van der Waals surface area contributed by atoms with Gasteiger partial charge < -0.3 is 15.5 Å². The van der Waals surface area contributed by atoms with Crippen molar-refractivity contribution in [3.63, 3.8) is 0 Å².